The van der Waals surface area contributed by atoms with Crippen LogP contribution < -0.4 is 0 Å². The lowest BCUT2D eigenvalue weighted by Crippen LogP contribution is -1.84. The molecule has 2 nitrogen and oxygen atoms in total. The smallest absolute Gasteiger partial charge is 0.140 e. The minimum Gasteiger partial charge on any atom is -0.339 e. The zero-order valence-corrected chi connectivity index (χ0v) is 10.5. The Labute approximate surface area is 112 Å². The first-order valence-corrected chi connectivity index (χ1v) is 6.27. The maximum absolute atomic E-state index is 13.4. The predicted octanol–water partition coefficient (Wildman–Crippen LogP) is 4.66. The second kappa shape index (κ2) is 3.68. The lowest BCUT2D eigenvalue weighted by molar-refractivity contribution is 0.629. The van der Waals surface area contributed by atoms with Crippen LogP contribution >= 0.6 is 11.6 Å². The molecule has 4 heteroatoms. The molecule has 0 aliphatic rings. The molecule has 0 unspecified atom stereocenters. The number of fused-ring (bicyclic) bond motifs is 4. The highest BCUT2D eigenvalue weighted by Crippen LogP contribution is 2.35. The molecule has 2 heterocycles. The first-order chi connectivity index (χ1) is 9.24. The third-order valence-electron chi connectivity index (χ3n) is 3.33. The monoisotopic (exact) mass is 270 g/mol. The Hall–Kier alpha value is -2.13. The third-order valence-corrected chi connectivity index (χ3v) is 3.73. The van der Waals surface area contributed by atoms with Crippen LogP contribution in [0.1, 0.15) is 0 Å². The summed E-state index contributed by atoms with van der Waals surface area (Å²) >= 11 is 6.44. The number of rotatable bonds is 0. The number of hydrogen-bond acceptors (Lipinski definition) is 1. The largest absolute Gasteiger partial charge is 0.339 e. The first-order valence-electron chi connectivity index (χ1n) is 5.89. The highest BCUT2D eigenvalue weighted by molar-refractivity contribution is 6.42. The summed E-state index contributed by atoms with van der Waals surface area (Å²) < 4.78 is 13.4. The average Bonchev–Trinajstić information content (AvgIpc) is 2.78. The van der Waals surface area contributed by atoms with Crippen LogP contribution in [0.15, 0.2) is 42.5 Å². The third kappa shape index (κ3) is 1.45. The zero-order valence-electron chi connectivity index (χ0n) is 9.74. The Morgan fingerprint density at radius 1 is 1.05 bits per heavy atom. The number of nitrogens with zero attached hydrogens (tertiary/aromatic N) is 1. The quantitative estimate of drug-likeness (QED) is 0.494. The van der Waals surface area contributed by atoms with Gasteiger partial charge in [-0.05, 0) is 24.3 Å². The van der Waals surface area contributed by atoms with Crippen LogP contribution in [-0.4, -0.2) is 9.97 Å². The molecule has 0 atom stereocenters. The maximum atomic E-state index is 13.4. The number of aromatic amines is 1. The molecule has 0 aliphatic heterocycles. The predicted molar refractivity (Wildman–Crippen MR) is 76.1 cm³/mol. The molecule has 4 rings (SSSR count). The van der Waals surface area contributed by atoms with Crippen molar-refractivity contribution in [3.63, 3.8) is 0 Å². The average molecular weight is 271 g/mol. The van der Waals surface area contributed by atoms with Gasteiger partial charge in [-0.1, -0.05) is 29.8 Å². The van der Waals surface area contributed by atoms with Gasteiger partial charge in [0.2, 0.25) is 0 Å². The number of benzene rings is 2. The second-order valence-corrected chi connectivity index (χ2v) is 4.86. The van der Waals surface area contributed by atoms with E-state index in [1.807, 2.05) is 24.3 Å². The van der Waals surface area contributed by atoms with Gasteiger partial charge in [-0.25, -0.2) is 9.37 Å². The van der Waals surface area contributed by atoms with E-state index in [0.29, 0.717) is 15.9 Å². The Kier molecular flexibility index (Phi) is 2.09. The fourth-order valence-electron chi connectivity index (χ4n) is 2.47. The molecule has 2 aromatic heterocycles. The summed E-state index contributed by atoms with van der Waals surface area (Å²) in [6.45, 7) is 0. The van der Waals surface area contributed by atoms with Gasteiger partial charge in [0.05, 0.1) is 10.5 Å². The summed E-state index contributed by atoms with van der Waals surface area (Å²) in [4.78, 5) is 7.75. The van der Waals surface area contributed by atoms with Gasteiger partial charge < -0.3 is 4.98 Å². The van der Waals surface area contributed by atoms with Crippen LogP contribution in [0.2, 0.25) is 5.02 Å². The molecule has 0 saturated carbocycles. The molecule has 0 fully saturated rings. The summed E-state index contributed by atoms with van der Waals surface area (Å²) in [5.74, 6) is -0.310. The fraction of sp³-hybridized carbons (Fsp3) is 0. The highest BCUT2D eigenvalue weighted by Gasteiger charge is 2.13. The van der Waals surface area contributed by atoms with Crippen LogP contribution in [0.4, 0.5) is 4.39 Å². The van der Waals surface area contributed by atoms with Gasteiger partial charge in [-0.3, -0.25) is 0 Å². The number of halogens is 2. The maximum Gasteiger partial charge on any atom is 0.140 e. The summed E-state index contributed by atoms with van der Waals surface area (Å²) in [6, 6.07) is 12.3. The minimum absolute atomic E-state index is 0.310. The number of hydrogen-bond donors (Lipinski definition) is 1. The molecule has 0 bridgehead atoms. The van der Waals surface area contributed by atoms with Gasteiger partial charge in [-0.15, -0.1) is 0 Å². The van der Waals surface area contributed by atoms with E-state index in [9.17, 15) is 4.39 Å². The summed E-state index contributed by atoms with van der Waals surface area (Å²) in [6.07, 6.45) is 0. The van der Waals surface area contributed by atoms with Crippen molar-refractivity contribution in [3.05, 3.63) is 53.3 Å². The highest BCUT2D eigenvalue weighted by atomic mass is 35.5. The Morgan fingerprint density at radius 3 is 2.79 bits per heavy atom. The molecule has 19 heavy (non-hydrogen) atoms. The molecule has 0 spiro atoms. The van der Waals surface area contributed by atoms with E-state index in [4.69, 9.17) is 11.6 Å². The van der Waals surface area contributed by atoms with Crippen molar-refractivity contribution in [2.45, 2.75) is 0 Å². The molecule has 0 aliphatic carbocycles. The molecule has 0 radical (unpaired) electrons. The number of para-hydroxylation sites is 1. The first kappa shape index (κ1) is 10.8. The normalized spacial score (nSPS) is 11.7. The van der Waals surface area contributed by atoms with E-state index in [0.717, 1.165) is 21.9 Å². The van der Waals surface area contributed by atoms with E-state index >= 15 is 0 Å². The standard InChI is InChI=1S/C15H8ClFN2/c16-14-10-7-8(17)5-6-12(10)19-15-13(14)9-3-1-2-4-11(9)18-15/h1-7H,(H,18,19). The number of nitrogens with one attached hydrogen (secondary N) is 1. The SMILES string of the molecule is Fc1ccc2nc3[nH]c4ccccc4c3c(Cl)c2c1. The van der Waals surface area contributed by atoms with Crippen molar-refractivity contribution in [2.75, 3.05) is 0 Å². The van der Waals surface area contributed by atoms with Crippen molar-refractivity contribution >= 4 is 44.4 Å². The number of pyridine rings is 1. The van der Waals surface area contributed by atoms with E-state index in [2.05, 4.69) is 9.97 Å². The fourth-order valence-corrected chi connectivity index (χ4v) is 2.81. The molecular weight excluding hydrogens is 263 g/mol. The molecular formula is C15H8ClFN2. The summed E-state index contributed by atoms with van der Waals surface area (Å²) in [5.41, 5.74) is 2.39. The molecule has 0 amide bonds. The van der Waals surface area contributed by atoms with Crippen LogP contribution in [0, 0.1) is 5.82 Å². The van der Waals surface area contributed by atoms with E-state index in [1.54, 1.807) is 6.07 Å². The number of H-pyrrole nitrogens is 1. The Balaban J connectivity index is 2.31. The Bertz CT molecular complexity index is 943. The van der Waals surface area contributed by atoms with Gasteiger partial charge in [0.1, 0.15) is 11.5 Å². The van der Waals surface area contributed by atoms with E-state index < -0.39 is 0 Å². The lowest BCUT2D eigenvalue weighted by atomic mass is 10.1. The topological polar surface area (TPSA) is 28.7 Å². The van der Waals surface area contributed by atoms with Gasteiger partial charge in [-0.2, -0.15) is 0 Å². The zero-order chi connectivity index (χ0) is 13.0. The van der Waals surface area contributed by atoms with E-state index in [-0.39, 0.29) is 5.82 Å². The summed E-state index contributed by atoms with van der Waals surface area (Å²) in [5, 5.41) is 3.02. The van der Waals surface area contributed by atoms with Crippen LogP contribution in [0.5, 0.6) is 0 Å². The molecule has 0 saturated heterocycles. The molecule has 92 valence electrons. The number of aromatic nitrogens is 2. The molecule has 1 N–H and O–H groups in total. The summed E-state index contributed by atoms with van der Waals surface area (Å²) in [7, 11) is 0. The van der Waals surface area contributed by atoms with Crippen molar-refractivity contribution in [3.8, 4) is 0 Å². The van der Waals surface area contributed by atoms with Gasteiger partial charge >= 0.3 is 0 Å². The van der Waals surface area contributed by atoms with Crippen LogP contribution in [-0.2, 0) is 0 Å². The van der Waals surface area contributed by atoms with Crippen molar-refractivity contribution in [1.82, 2.24) is 9.97 Å². The lowest BCUT2D eigenvalue weighted by Gasteiger charge is -2.02. The van der Waals surface area contributed by atoms with Crippen LogP contribution in [0.3, 0.4) is 0 Å². The molecule has 4 aromatic rings. The van der Waals surface area contributed by atoms with E-state index in [1.165, 1.54) is 12.1 Å². The van der Waals surface area contributed by atoms with Crippen LogP contribution in [0.25, 0.3) is 32.8 Å². The Morgan fingerprint density at radius 2 is 1.89 bits per heavy atom. The van der Waals surface area contributed by atoms with Gasteiger partial charge in [0, 0.05) is 21.7 Å². The second-order valence-electron chi connectivity index (χ2n) is 4.48. The minimum atomic E-state index is -0.310. The van der Waals surface area contributed by atoms with Crippen molar-refractivity contribution < 1.29 is 4.39 Å². The van der Waals surface area contributed by atoms with Gasteiger partial charge in [0.15, 0.2) is 0 Å². The van der Waals surface area contributed by atoms with Crippen molar-refractivity contribution in [2.24, 2.45) is 0 Å². The van der Waals surface area contributed by atoms with Gasteiger partial charge in [0.25, 0.3) is 0 Å². The molecule has 2 aromatic carbocycles. The van der Waals surface area contributed by atoms with Crippen molar-refractivity contribution in [1.29, 1.82) is 0 Å².